The highest BCUT2D eigenvalue weighted by atomic mass is 31.2. The van der Waals surface area contributed by atoms with Crippen LogP contribution in [0.2, 0.25) is 0 Å². The summed E-state index contributed by atoms with van der Waals surface area (Å²) in [7, 11) is 1.45. The zero-order valence-corrected chi connectivity index (χ0v) is 49.4. The van der Waals surface area contributed by atoms with E-state index in [0.29, 0.717) is 23.9 Å². The third kappa shape index (κ3) is 53.7. The number of hydrogen-bond acceptors (Lipinski definition) is 6. The molecule has 0 aliphatic rings. The number of phosphoric ester groups is 1. The third-order valence-corrected chi connectivity index (χ3v) is 13.7. The smallest absolute Gasteiger partial charge is 0.456 e. The van der Waals surface area contributed by atoms with E-state index in [-0.39, 0.29) is 31.5 Å². The molecule has 0 bridgehead atoms. The molecule has 0 aliphatic carbocycles. The number of carbonyl (C=O) groups excluding carboxylic acids is 2. The van der Waals surface area contributed by atoms with Gasteiger partial charge in [0.1, 0.15) is 19.3 Å². The summed E-state index contributed by atoms with van der Waals surface area (Å²) in [5.41, 5.74) is 0. The van der Waals surface area contributed by atoms with Gasteiger partial charge in [-0.1, -0.05) is 221 Å². The van der Waals surface area contributed by atoms with Crippen LogP contribution < -0.4 is 5.32 Å². The van der Waals surface area contributed by atoms with Crippen LogP contribution in [0.4, 0.5) is 0 Å². The van der Waals surface area contributed by atoms with Crippen LogP contribution in [-0.2, 0) is 27.9 Å². The number of hydrogen-bond donors (Lipinski definition) is 2. The van der Waals surface area contributed by atoms with Gasteiger partial charge in [0.05, 0.1) is 33.8 Å². The lowest BCUT2D eigenvalue weighted by Crippen LogP contribution is -2.47. The lowest BCUT2D eigenvalue weighted by molar-refractivity contribution is -0.870. The quantitative estimate of drug-likeness (QED) is 0.0205. The Hall–Kier alpha value is -3.07. The van der Waals surface area contributed by atoms with Crippen LogP contribution in [0.1, 0.15) is 245 Å². The van der Waals surface area contributed by atoms with E-state index in [9.17, 15) is 19.0 Å². The Morgan fingerprint density at radius 3 is 1.32 bits per heavy atom. The maximum Gasteiger partial charge on any atom is 0.472 e. The molecule has 74 heavy (non-hydrogen) atoms. The number of esters is 1. The van der Waals surface area contributed by atoms with Crippen molar-refractivity contribution in [1.29, 1.82) is 0 Å². The second-order valence-corrected chi connectivity index (χ2v) is 22.6. The van der Waals surface area contributed by atoms with Crippen molar-refractivity contribution in [2.45, 2.75) is 258 Å². The SMILES string of the molecule is CC/C=C\C/C=C\C/C=C\C/C=C\C/C=C\C/C=C\CCCCC(=O)OC(/C=C/CCCCCCCCCCC)C(COP(=O)(O)OCC[N+](C)(C)C)NC(=O)CCCCCCC/C=C/CCCCCCCCC. The highest BCUT2D eigenvalue weighted by molar-refractivity contribution is 7.47. The average molecular weight is 1050 g/mol. The maximum atomic E-state index is 13.5. The Balaban J connectivity index is 5.36. The van der Waals surface area contributed by atoms with Crippen LogP contribution in [0.3, 0.4) is 0 Å². The topological polar surface area (TPSA) is 111 Å². The minimum absolute atomic E-state index is 0.0273. The van der Waals surface area contributed by atoms with E-state index in [0.717, 1.165) is 109 Å². The van der Waals surface area contributed by atoms with Gasteiger partial charge >= 0.3 is 13.8 Å². The first-order valence-corrected chi connectivity index (χ1v) is 31.6. The molecular formula is C64H114N2O7P+. The van der Waals surface area contributed by atoms with E-state index in [2.05, 4.69) is 111 Å². The molecule has 0 fully saturated rings. The molecule has 10 heteroatoms. The number of amides is 1. The number of allylic oxidation sites excluding steroid dienone is 15. The van der Waals surface area contributed by atoms with E-state index in [1.807, 2.05) is 33.3 Å². The van der Waals surface area contributed by atoms with Crippen molar-refractivity contribution < 1.29 is 37.3 Å². The Morgan fingerprint density at radius 2 is 0.865 bits per heavy atom. The van der Waals surface area contributed by atoms with E-state index in [4.69, 9.17) is 13.8 Å². The second kappa shape index (κ2) is 53.3. The van der Waals surface area contributed by atoms with Gasteiger partial charge in [-0.2, -0.15) is 0 Å². The zero-order valence-electron chi connectivity index (χ0n) is 48.6. The molecule has 0 aromatic rings. The van der Waals surface area contributed by atoms with Crippen molar-refractivity contribution >= 4 is 19.7 Å². The second-order valence-electron chi connectivity index (χ2n) is 21.1. The summed E-state index contributed by atoms with van der Waals surface area (Å²) in [6, 6.07) is -0.875. The number of unbranched alkanes of at least 4 members (excludes halogenated alkanes) is 23. The van der Waals surface area contributed by atoms with Gasteiger partial charge in [-0.05, 0) is 109 Å². The lowest BCUT2D eigenvalue weighted by Gasteiger charge is -2.27. The number of rotatable bonds is 53. The van der Waals surface area contributed by atoms with Crippen LogP contribution >= 0.6 is 7.82 Å². The van der Waals surface area contributed by atoms with Gasteiger partial charge in [-0.3, -0.25) is 18.6 Å². The molecule has 9 nitrogen and oxygen atoms in total. The fourth-order valence-corrected chi connectivity index (χ4v) is 8.85. The summed E-state index contributed by atoms with van der Waals surface area (Å²) in [4.78, 5) is 37.6. The molecular weight excluding hydrogens is 940 g/mol. The molecule has 1 amide bonds. The van der Waals surface area contributed by atoms with Gasteiger partial charge in [0, 0.05) is 12.8 Å². The Labute approximate surface area is 456 Å². The van der Waals surface area contributed by atoms with Crippen molar-refractivity contribution in [3.05, 3.63) is 97.2 Å². The Bertz CT molecular complexity index is 1590. The fraction of sp³-hybridized carbons (Fsp3) is 0.719. The molecule has 0 heterocycles. The van der Waals surface area contributed by atoms with E-state index in [1.54, 1.807) is 0 Å². The van der Waals surface area contributed by atoms with Crippen LogP contribution in [0, 0.1) is 0 Å². The molecule has 0 saturated carbocycles. The summed E-state index contributed by atoms with van der Waals surface area (Å²) in [6.45, 7) is 6.84. The van der Waals surface area contributed by atoms with Crippen LogP contribution in [0.5, 0.6) is 0 Å². The molecule has 0 radical (unpaired) electrons. The van der Waals surface area contributed by atoms with E-state index < -0.39 is 20.0 Å². The van der Waals surface area contributed by atoms with E-state index >= 15 is 0 Å². The van der Waals surface area contributed by atoms with Crippen LogP contribution in [-0.4, -0.2) is 74.3 Å². The van der Waals surface area contributed by atoms with Crippen LogP contribution in [0.25, 0.3) is 0 Å². The van der Waals surface area contributed by atoms with Gasteiger partial charge in [0.15, 0.2) is 0 Å². The summed E-state index contributed by atoms with van der Waals surface area (Å²) >= 11 is 0. The summed E-state index contributed by atoms with van der Waals surface area (Å²) in [5.74, 6) is -0.570. The van der Waals surface area contributed by atoms with Crippen molar-refractivity contribution in [3.63, 3.8) is 0 Å². The molecule has 0 aromatic carbocycles. The highest BCUT2D eigenvalue weighted by Gasteiger charge is 2.30. The van der Waals surface area contributed by atoms with Gasteiger partial charge in [0.25, 0.3) is 0 Å². The number of carbonyl (C=O) groups is 2. The number of nitrogens with one attached hydrogen (secondary N) is 1. The summed E-state index contributed by atoms with van der Waals surface area (Å²) in [5, 5.41) is 3.03. The zero-order chi connectivity index (χ0) is 54.3. The predicted octanol–water partition coefficient (Wildman–Crippen LogP) is 18.4. The fourth-order valence-electron chi connectivity index (χ4n) is 8.11. The Kier molecular flexibility index (Phi) is 51.1. The first-order chi connectivity index (χ1) is 35.9. The molecule has 3 unspecified atom stereocenters. The molecule has 0 aromatic heterocycles. The molecule has 0 rings (SSSR count). The first kappa shape index (κ1) is 70.9. The molecule has 0 spiro atoms. The van der Waals surface area contributed by atoms with Crippen molar-refractivity contribution in [1.82, 2.24) is 5.32 Å². The van der Waals surface area contributed by atoms with Crippen molar-refractivity contribution in [3.8, 4) is 0 Å². The van der Waals surface area contributed by atoms with Gasteiger partial charge < -0.3 is 19.4 Å². The predicted molar refractivity (Wildman–Crippen MR) is 318 cm³/mol. The summed E-state index contributed by atoms with van der Waals surface area (Å²) in [6.07, 6.45) is 71.2. The van der Waals surface area contributed by atoms with Crippen LogP contribution in [0.15, 0.2) is 97.2 Å². The molecule has 0 saturated heterocycles. The lowest BCUT2D eigenvalue weighted by atomic mass is 10.1. The number of likely N-dealkylation sites (N-methyl/N-ethyl adjacent to an activating group) is 1. The van der Waals surface area contributed by atoms with Crippen molar-refractivity contribution in [2.24, 2.45) is 0 Å². The van der Waals surface area contributed by atoms with Gasteiger partial charge in [0.2, 0.25) is 5.91 Å². The minimum atomic E-state index is -4.46. The molecule has 3 atom stereocenters. The average Bonchev–Trinajstić information content (AvgIpc) is 3.36. The van der Waals surface area contributed by atoms with E-state index in [1.165, 1.54) is 96.3 Å². The monoisotopic (exact) mass is 1050 g/mol. The first-order valence-electron chi connectivity index (χ1n) is 30.1. The standard InChI is InChI=1S/C64H113N2O7P/c1-7-10-13-16-19-22-25-27-29-31-32-33-34-35-37-39-42-45-48-51-54-57-64(68)73-62(55-52-49-46-43-40-24-21-18-15-12-9-3)61(60-72-74(69,70)71-59-58-66(4,5)6)65-63(67)56-53-50-47-44-41-38-36-30-28-26-23-20-17-14-11-8-2/h10,13,19,22,27,29-30,32-33,35-37,42,45,52,55,61-62H,7-9,11-12,14-18,20-21,23-26,28,31,34,38-41,43-44,46-51,53-54,56-60H2,1-6H3,(H-,65,67,69,70)/p+1/b13-10-,22-19-,29-27-,33-32-,36-30+,37-35-,45-42-,55-52+. The highest BCUT2D eigenvalue weighted by Crippen LogP contribution is 2.43. The van der Waals surface area contributed by atoms with Gasteiger partial charge in [-0.25, -0.2) is 4.57 Å². The number of nitrogens with zero attached hydrogens (tertiary/aromatic N) is 1. The number of phosphoric acid groups is 1. The van der Waals surface area contributed by atoms with Crippen molar-refractivity contribution in [2.75, 3.05) is 40.9 Å². The molecule has 0 aliphatic heterocycles. The van der Waals surface area contributed by atoms with Gasteiger partial charge in [-0.15, -0.1) is 0 Å². The third-order valence-electron chi connectivity index (χ3n) is 12.8. The largest absolute Gasteiger partial charge is 0.472 e. The summed E-state index contributed by atoms with van der Waals surface area (Å²) < 4.78 is 30.6. The molecule has 426 valence electrons. The minimum Gasteiger partial charge on any atom is -0.456 e. The number of quaternary nitrogens is 1. The normalized spacial score (nSPS) is 14.4. The number of ether oxygens (including phenoxy) is 1. The maximum absolute atomic E-state index is 13.5. The Morgan fingerprint density at radius 1 is 0.486 bits per heavy atom. The molecule has 2 N–H and O–H groups in total.